The number of rotatable bonds is 4. The lowest BCUT2D eigenvalue weighted by atomic mass is 10.1. The lowest BCUT2D eigenvalue weighted by Gasteiger charge is -2.22. The Kier molecular flexibility index (Phi) is 4.07. The van der Waals surface area contributed by atoms with E-state index in [2.05, 4.69) is 31.5 Å². The number of benzene rings is 1. The summed E-state index contributed by atoms with van der Waals surface area (Å²) >= 11 is 3.36. The summed E-state index contributed by atoms with van der Waals surface area (Å²) in [6, 6.07) is 5.32. The summed E-state index contributed by atoms with van der Waals surface area (Å²) in [5.41, 5.74) is 7.09. The van der Waals surface area contributed by atoms with Crippen LogP contribution >= 0.6 is 15.9 Å². The molecule has 0 atom stereocenters. The zero-order valence-corrected chi connectivity index (χ0v) is 14.3. The molecule has 0 saturated heterocycles. The molecule has 0 saturated carbocycles. The van der Waals surface area contributed by atoms with Crippen LogP contribution in [0.2, 0.25) is 0 Å². The van der Waals surface area contributed by atoms with Gasteiger partial charge in [0.2, 0.25) is 0 Å². The minimum absolute atomic E-state index is 0.153. The maximum Gasteiger partial charge on any atom is 0.182 e. The molecular weight excluding hydrogens is 358 g/mol. The number of nitrogens with two attached hydrogens (primary N) is 1. The molecule has 0 bridgehead atoms. The van der Waals surface area contributed by atoms with Crippen molar-refractivity contribution in [2.45, 2.75) is 25.1 Å². The van der Waals surface area contributed by atoms with Crippen molar-refractivity contribution in [1.82, 2.24) is 20.2 Å². The molecule has 1 aromatic carbocycles. The Morgan fingerprint density at radius 2 is 2.00 bits per heavy atom. The average Bonchev–Trinajstić information content (AvgIpc) is 2.73. The molecular formula is C12H16BrN5O2S. The molecule has 0 amide bonds. The predicted molar refractivity (Wildman–Crippen MR) is 84.3 cm³/mol. The van der Waals surface area contributed by atoms with Gasteiger partial charge in [-0.3, -0.25) is 0 Å². The summed E-state index contributed by atoms with van der Waals surface area (Å²) in [5.74, 6) is 0.472. The quantitative estimate of drug-likeness (QED) is 0.814. The van der Waals surface area contributed by atoms with Crippen molar-refractivity contribution < 1.29 is 8.42 Å². The highest BCUT2D eigenvalue weighted by atomic mass is 79.9. The fraction of sp³-hybridized carbons (Fsp3) is 0.417. The molecule has 21 heavy (non-hydrogen) atoms. The van der Waals surface area contributed by atoms with Crippen LogP contribution < -0.4 is 5.73 Å². The molecule has 0 unspecified atom stereocenters. The average molecular weight is 374 g/mol. The van der Waals surface area contributed by atoms with Crippen molar-refractivity contribution >= 4 is 31.5 Å². The maximum atomic E-state index is 11.8. The highest BCUT2D eigenvalue weighted by molar-refractivity contribution is 9.10. The van der Waals surface area contributed by atoms with E-state index in [-0.39, 0.29) is 6.54 Å². The van der Waals surface area contributed by atoms with E-state index in [0.717, 1.165) is 10.0 Å². The molecule has 0 aliphatic rings. The summed E-state index contributed by atoms with van der Waals surface area (Å²) in [5, 5.41) is 11.5. The van der Waals surface area contributed by atoms with Crippen LogP contribution in [0, 0.1) is 0 Å². The minimum atomic E-state index is -3.24. The van der Waals surface area contributed by atoms with E-state index in [1.54, 1.807) is 26.0 Å². The molecule has 0 aliphatic carbocycles. The van der Waals surface area contributed by atoms with Crippen molar-refractivity contribution in [3.63, 3.8) is 0 Å². The fourth-order valence-electron chi connectivity index (χ4n) is 1.74. The Morgan fingerprint density at radius 3 is 2.57 bits per heavy atom. The Bertz CT molecular complexity index is 749. The third-order valence-corrected chi connectivity index (χ3v) is 5.84. The van der Waals surface area contributed by atoms with Crippen LogP contribution in [-0.4, -0.2) is 39.6 Å². The minimum Gasteiger partial charge on any atom is -0.399 e. The Hall–Kier alpha value is -1.48. The molecule has 114 valence electrons. The molecule has 2 N–H and O–H groups in total. The first-order valence-electron chi connectivity index (χ1n) is 6.12. The van der Waals surface area contributed by atoms with Crippen molar-refractivity contribution in [2.75, 3.05) is 12.0 Å². The van der Waals surface area contributed by atoms with Gasteiger partial charge < -0.3 is 5.73 Å². The largest absolute Gasteiger partial charge is 0.399 e. The van der Waals surface area contributed by atoms with Crippen LogP contribution in [0.1, 0.15) is 13.8 Å². The zero-order chi connectivity index (χ0) is 15.8. The van der Waals surface area contributed by atoms with Gasteiger partial charge in [-0.15, -0.1) is 5.10 Å². The van der Waals surface area contributed by atoms with E-state index < -0.39 is 14.6 Å². The van der Waals surface area contributed by atoms with Crippen molar-refractivity contribution in [3.8, 4) is 11.4 Å². The van der Waals surface area contributed by atoms with Crippen LogP contribution in [0.15, 0.2) is 22.7 Å². The second-order valence-corrected chi connectivity index (χ2v) is 9.03. The number of nitrogens with zero attached hydrogens (tertiary/aromatic N) is 4. The van der Waals surface area contributed by atoms with Crippen LogP contribution in [0.4, 0.5) is 5.69 Å². The number of sulfone groups is 1. The van der Waals surface area contributed by atoms with Gasteiger partial charge in [0.25, 0.3) is 0 Å². The van der Waals surface area contributed by atoms with Gasteiger partial charge in [0.1, 0.15) is 0 Å². The van der Waals surface area contributed by atoms with Gasteiger partial charge in [0, 0.05) is 22.0 Å². The fourth-order valence-corrected chi connectivity index (χ4v) is 2.61. The van der Waals surface area contributed by atoms with Crippen LogP contribution in [0.5, 0.6) is 0 Å². The first-order chi connectivity index (χ1) is 9.60. The number of anilines is 1. The number of nitrogen functional groups attached to an aromatic ring is 1. The Labute approximate surface area is 131 Å². The lowest BCUT2D eigenvalue weighted by molar-refractivity contribution is 0.471. The molecule has 0 aliphatic heterocycles. The number of aromatic nitrogens is 4. The molecule has 2 rings (SSSR count). The van der Waals surface area contributed by atoms with Gasteiger partial charge >= 0.3 is 0 Å². The molecule has 7 nitrogen and oxygen atoms in total. The lowest BCUT2D eigenvalue weighted by Crippen LogP contribution is -2.36. The first kappa shape index (κ1) is 15.9. The van der Waals surface area contributed by atoms with E-state index in [4.69, 9.17) is 5.73 Å². The second kappa shape index (κ2) is 5.38. The molecule has 9 heteroatoms. The molecule has 0 fully saturated rings. The topological polar surface area (TPSA) is 104 Å². The van der Waals surface area contributed by atoms with Crippen LogP contribution in [0.3, 0.4) is 0 Å². The zero-order valence-electron chi connectivity index (χ0n) is 11.9. The molecule has 0 radical (unpaired) electrons. The van der Waals surface area contributed by atoms with Gasteiger partial charge in [-0.2, -0.15) is 0 Å². The standard InChI is InChI=1S/C12H16BrN5O2S/c1-12(2,21(3,19)20)7-18-11(15-16-17-18)8-4-9(13)6-10(14)5-8/h4-6H,7,14H2,1-3H3. The predicted octanol–water partition coefficient (Wildman–Crippen LogP) is 1.51. The monoisotopic (exact) mass is 373 g/mol. The first-order valence-corrected chi connectivity index (χ1v) is 8.81. The van der Waals surface area contributed by atoms with E-state index >= 15 is 0 Å². The van der Waals surface area contributed by atoms with E-state index in [1.165, 1.54) is 10.9 Å². The van der Waals surface area contributed by atoms with E-state index in [0.29, 0.717) is 11.5 Å². The summed E-state index contributed by atoms with van der Waals surface area (Å²) in [7, 11) is -3.24. The number of tetrazole rings is 1. The van der Waals surface area contributed by atoms with Gasteiger partial charge in [-0.05, 0) is 42.5 Å². The number of hydrogen-bond donors (Lipinski definition) is 1. The van der Waals surface area contributed by atoms with Gasteiger partial charge in [-0.25, -0.2) is 13.1 Å². The summed E-state index contributed by atoms with van der Waals surface area (Å²) in [6.45, 7) is 3.44. The molecule has 1 aromatic heterocycles. The third kappa shape index (κ3) is 3.41. The summed E-state index contributed by atoms with van der Waals surface area (Å²) in [4.78, 5) is 0. The highest BCUT2D eigenvalue weighted by Crippen LogP contribution is 2.26. The smallest absolute Gasteiger partial charge is 0.182 e. The second-order valence-electron chi connectivity index (χ2n) is 5.47. The van der Waals surface area contributed by atoms with E-state index in [1.807, 2.05) is 6.07 Å². The number of hydrogen-bond acceptors (Lipinski definition) is 6. The Balaban J connectivity index is 2.44. The van der Waals surface area contributed by atoms with Gasteiger partial charge in [-0.1, -0.05) is 15.9 Å². The maximum absolute atomic E-state index is 11.8. The van der Waals surface area contributed by atoms with Crippen molar-refractivity contribution in [2.24, 2.45) is 0 Å². The molecule has 1 heterocycles. The normalized spacial score (nSPS) is 12.6. The summed E-state index contributed by atoms with van der Waals surface area (Å²) < 4.78 is 24.9. The van der Waals surface area contributed by atoms with Crippen molar-refractivity contribution in [1.29, 1.82) is 0 Å². The SMILES string of the molecule is CC(C)(Cn1nnnc1-c1cc(N)cc(Br)c1)S(C)(=O)=O. The van der Waals surface area contributed by atoms with Crippen LogP contribution in [0.25, 0.3) is 11.4 Å². The van der Waals surface area contributed by atoms with E-state index in [9.17, 15) is 8.42 Å². The highest BCUT2D eigenvalue weighted by Gasteiger charge is 2.32. The van der Waals surface area contributed by atoms with Gasteiger partial charge in [0.05, 0.1) is 11.3 Å². The summed E-state index contributed by atoms with van der Waals surface area (Å²) in [6.07, 6.45) is 1.20. The Morgan fingerprint density at radius 1 is 1.33 bits per heavy atom. The molecule has 0 spiro atoms. The molecule has 2 aromatic rings. The van der Waals surface area contributed by atoms with Gasteiger partial charge in [0.15, 0.2) is 15.7 Å². The number of halogens is 1. The van der Waals surface area contributed by atoms with Crippen LogP contribution in [-0.2, 0) is 16.4 Å². The van der Waals surface area contributed by atoms with Crippen molar-refractivity contribution in [3.05, 3.63) is 22.7 Å². The third-order valence-electron chi connectivity index (χ3n) is 3.24.